The van der Waals surface area contributed by atoms with Gasteiger partial charge in [0.15, 0.2) is 0 Å². The molecule has 32 heavy (non-hydrogen) atoms. The Morgan fingerprint density at radius 3 is 2.38 bits per heavy atom. The molecular formula is C25H18FNO4S. The molecule has 3 aromatic carbocycles. The number of carbonyl (C=O) groups is 3. The van der Waals surface area contributed by atoms with Crippen LogP contribution in [0.4, 0.5) is 9.18 Å². The summed E-state index contributed by atoms with van der Waals surface area (Å²) in [5.74, 6) is -1.07. The van der Waals surface area contributed by atoms with E-state index in [9.17, 15) is 18.8 Å². The summed E-state index contributed by atoms with van der Waals surface area (Å²) in [7, 11) is 0. The molecule has 0 spiro atoms. The highest BCUT2D eigenvalue weighted by Crippen LogP contribution is 2.33. The summed E-state index contributed by atoms with van der Waals surface area (Å²) in [4.78, 5) is 38.8. The van der Waals surface area contributed by atoms with Crippen LogP contribution in [-0.2, 0) is 11.3 Å². The summed E-state index contributed by atoms with van der Waals surface area (Å²) in [5.41, 5.74) is 2.86. The highest BCUT2D eigenvalue weighted by molar-refractivity contribution is 8.18. The lowest BCUT2D eigenvalue weighted by Gasteiger charge is -2.14. The average molecular weight is 447 g/mol. The van der Waals surface area contributed by atoms with Crippen LogP contribution in [0.5, 0.6) is 5.75 Å². The van der Waals surface area contributed by atoms with Crippen LogP contribution in [0.2, 0.25) is 0 Å². The fourth-order valence-corrected chi connectivity index (χ4v) is 3.97. The zero-order valence-electron chi connectivity index (χ0n) is 17.1. The van der Waals surface area contributed by atoms with Crippen LogP contribution in [0.1, 0.15) is 27.0 Å². The van der Waals surface area contributed by atoms with Gasteiger partial charge in [-0.15, -0.1) is 0 Å². The number of rotatable bonds is 5. The number of esters is 1. The zero-order valence-corrected chi connectivity index (χ0v) is 17.9. The summed E-state index contributed by atoms with van der Waals surface area (Å²) in [6, 6.07) is 19.2. The summed E-state index contributed by atoms with van der Waals surface area (Å²) < 4.78 is 18.3. The molecule has 0 aliphatic carbocycles. The molecule has 1 saturated heterocycles. The van der Waals surface area contributed by atoms with Crippen LogP contribution in [0, 0.1) is 12.7 Å². The van der Waals surface area contributed by atoms with Gasteiger partial charge in [-0.25, -0.2) is 9.18 Å². The maximum Gasteiger partial charge on any atom is 0.343 e. The first-order chi connectivity index (χ1) is 15.4. The van der Waals surface area contributed by atoms with E-state index in [1.807, 2.05) is 31.2 Å². The molecule has 160 valence electrons. The van der Waals surface area contributed by atoms with Crippen molar-refractivity contribution in [2.45, 2.75) is 13.5 Å². The second-order valence-electron chi connectivity index (χ2n) is 7.16. The first kappa shape index (κ1) is 21.5. The van der Waals surface area contributed by atoms with E-state index in [-0.39, 0.29) is 23.3 Å². The molecule has 0 radical (unpaired) electrons. The van der Waals surface area contributed by atoms with Crippen LogP contribution >= 0.6 is 11.8 Å². The topological polar surface area (TPSA) is 63.7 Å². The summed E-state index contributed by atoms with van der Waals surface area (Å²) in [5, 5.41) is -0.311. The van der Waals surface area contributed by atoms with Crippen molar-refractivity contribution in [1.29, 1.82) is 0 Å². The van der Waals surface area contributed by atoms with E-state index in [4.69, 9.17) is 4.74 Å². The monoisotopic (exact) mass is 447 g/mol. The lowest BCUT2D eigenvalue weighted by atomic mass is 10.1. The second-order valence-corrected chi connectivity index (χ2v) is 8.15. The van der Waals surface area contributed by atoms with Crippen LogP contribution < -0.4 is 4.74 Å². The van der Waals surface area contributed by atoms with Crippen LogP contribution in [0.15, 0.2) is 77.7 Å². The van der Waals surface area contributed by atoms with Crippen LogP contribution in [-0.4, -0.2) is 22.0 Å². The van der Waals surface area contributed by atoms with Crippen LogP contribution in [0.25, 0.3) is 6.08 Å². The lowest BCUT2D eigenvalue weighted by Crippen LogP contribution is -2.27. The number of ether oxygens (including phenoxy) is 1. The quantitative estimate of drug-likeness (QED) is 0.290. The molecule has 1 fully saturated rings. The number of amides is 2. The van der Waals surface area contributed by atoms with Gasteiger partial charge in [-0.3, -0.25) is 14.5 Å². The van der Waals surface area contributed by atoms with Gasteiger partial charge in [-0.05, 0) is 77.9 Å². The molecule has 5 nitrogen and oxygen atoms in total. The van der Waals surface area contributed by atoms with E-state index in [0.29, 0.717) is 16.2 Å². The Balaban J connectivity index is 1.44. The molecule has 2 amide bonds. The van der Waals surface area contributed by atoms with Crippen molar-refractivity contribution in [3.8, 4) is 5.75 Å². The maximum atomic E-state index is 13.0. The van der Waals surface area contributed by atoms with Crippen molar-refractivity contribution in [1.82, 2.24) is 4.90 Å². The van der Waals surface area contributed by atoms with Gasteiger partial charge in [-0.2, -0.15) is 0 Å². The van der Waals surface area contributed by atoms with Crippen LogP contribution in [0.3, 0.4) is 0 Å². The Hall–Kier alpha value is -3.71. The third-order valence-electron chi connectivity index (χ3n) is 4.93. The third kappa shape index (κ3) is 4.78. The summed E-state index contributed by atoms with van der Waals surface area (Å²) in [6.45, 7) is 2.17. The maximum absolute atomic E-state index is 13.0. The van der Waals surface area contributed by atoms with Crippen molar-refractivity contribution in [3.63, 3.8) is 0 Å². The molecule has 0 N–H and O–H groups in total. The molecular weight excluding hydrogens is 429 g/mol. The number of carbonyl (C=O) groups excluding carboxylic acids is 3. The Kier molecular flexibility index (Phi) is 6.18. The van der Waals surface area contributed by atoms with Gasteiger partial charge < -0.3 is 4.74 Å². The minimum Gasteiger partial charge on any atom is -0.423 e. The molecule has 1 aliphatic heterocycles. The fraction of sp³-hybridized carbons (Fsp3) is 0.0800. The number of imide groups is 1. The number of thioether (sulfide) groups is 1. The number of nitrogens with zero attached hydrogens (tertiary/aromatic N) is 1. The van der Waals surface area contributed by atoms with Gasteiger partial charge in [0, 0.05) is 0 Å². The highest BCUT2D eigenvalue weighted by Gasteiger charge is 2.35. The molecule has 0 aromatic heterocycles. The summed E-state index contributed by atoms with van der Waals surface area (Å²) in [6.07, 6.45) is 1.63. The fourth-order valence-electron chi connectivity index (χ4n) is 3.13. The van der Waals surface area contributed by atoms with Crippen molar-refractivity contribution in [2.75, 3.05) is 0 Å². The zero-order chi connectivity index (χ0) is 22.7. The van der Waals surface area contributed by atoms with E-state index < -0.39 is 11.8 Å². The molecule has 7 heteroatoms. The number of halogens is 1. The molecule has 0 atom stereocenters. The molecule has 1 heterocycles. The minimum absolute atomic E-state index is 0.229. The first-order valence-corrected chi connectivity index (χ1v) is 10.6. The Morgan fingerprint density at radius 1 is 1.00 bits per heavy atom. The van der Waals surface area contributed by atoms with Crippen molar-refractivity contribution >= 4 is 35.0 Å². The van der Waals surface area contributed by atoms with Gasteiger partial charge in [0.1, 0.15) is 11.6 Å². The normalized spacial score (nSPS) is 14.8. The predicted octanol–water partition coefficient (Wildman–Crippen LogP) is 5.59. The molecule has 4 rings (SSSR count). The van der Waals surface area contributed by atoms with Crippen molar-refractivity contribution < 1.29 is 23.5 Å². The van der Waals surface area contributed by atoms with E-state index in [1.165, 1.54) is 29.2 Å². The number of hydrogen-bond donors (Lipinski definition) is 0. The Bertz CT molecular complexity index is 1220. The molecule has 0 bridgehead atoms. The average Bonchev–Trinajstić information content (AvgIpc) is 3.04. The minimum atomic E-state index is -0.602. The van der Waals surface area contributed by atoms with Gasteiger partial charge in [0.05, 0.1) is 17.0 Å². The largest absolute Gasteiger partial charge is 0.423 e. The lowest BCUT2D eigenvalue weighted by molar-refractivity contribution is -0.123. The van der Waals surface area contributed by atoms with Gasteiger partial charge in [0.2, 0.25) is 0 Å². The standard InChI is InChI=1S/C25H18FNO4S/c1-16-4-2-3-5-19(16)15-27-23(28)22(32-25(27)30)14-17-6-12-21(13-7-17)31-24(29)18-8-10-20(26)11-9-18/h2-14H,15H2,1H3/b22-14-. The number of benzene rings is 3. The van der Waals surface area contributed by atoms with Crippen molar-refractivity contribution in [3.05, 3.63) is 106 Å². The number of aryl methyl sites for hydroxylation is 1. The predicted molar refractivity (Wildman–Crippen MR) is 120 cm³/mol. The van der Waals surface area contributed by atoms with Gasteiger partial charge in [-0.1, -0.05) is 36.4 Å². The third-order valence-corrected chi connectivity index (χ3v) is 5.84. The van der Waals surface area contributed by atoms with E-state index in [1.54, 1.807) is 30.3 Å². The Morgan fingerprint density at radius 2 is 1.69 bits per heavy atom. The Labute approximate surface area is 188 Å². The van der Waals surface area contributed by atoms with E-state index >= 15 is 0 Å². The van der Waals surface area contributed by atoms with Gasteiger partial charge >= 0.3 is 5.97 Å². The van der Waals surface area contributed by atoms with E-state index in [0.717, 1.165) is 22.9 Å². The van der Waals surface area contributed by atoms with Gasteiger partial charge in [0.25, 0.3) is 11.1 Å². The van der Waals surface area contributed by atoms with E-state index in [2.05, 4.69) is 0 Å². The second kappa shape index (κ2) is 9.20. The molecule has 0 saturated carbocycles. The number of hydrogen-bond acceptors (Lipinski definition) is 5. The smallest absolute Gasteiger partial charge is 0.343 e. The highest BCUT2D eigenvalue weighted by atomic mass is 32.2. The SMILES string of the molecule is Cc1ccccc1CN1C(=O)S/C(=C\c2ccc(OC(=O)c3ccc(F)cc3)cc2)C1=O. The molecule has 3 aromatic rings. The first-order valence-electron chi connectivity index (χ1n) is 9.78. The summed E-state index contributed by atoms with van der Waals surface area (Å²) >= 11 is 0.898. The molecule has 1 aliphatic rings. The van der Waals surface area contributed by atoms with Crippen molar-refractivity contribution in [2.24, 2.45) is 0 Å². The molecule has 0 unspecified atom stereocenters.